The van der Waals surface area contributed by atoms with Crippen LogP contribution in [-0.4, -0.2) is 40.4 Å². The van der Waals surface area contributed by atoms with Crippen LogP contribution in [0.25, 0.3) is 0 Å². The van der Waals surface area contributed by atoms with Crippen LogP contribution in [0, 0.1) is 0 Å². The molecule has 4 heteroatoms. The summed E-state index contributed by atoms with van der Waals surface area (Å²) in [6.07, 6.45) is 4.57. The minimum atomic E-state index is 0.450. The Morgan fingerprint density at radius 2 is 2.39 bits per heavy atom. The van der Waals surface area contributed by atoms with E-state index >= 15 is 0 Å². The predicted molar refractivity (Wildman–Crippen MR) is 74.6 cm³/mol. The molecular formula is C14H26N4. The Hall–Kier alpha value is -0.870. The van der Waals surface area contributed by atoms with Crippen LogP contribution in [0.2, 0.25) is 0 Å². The van der Waals surface area contributed by atoms with Gasteiger partial charge in [-0.15, -0.1) is 0 Å². The SMILES string of the molecule is CCCN(Cc1ccn(C(C)C)n1)C1CCNC1. The van der Waals surface area contributed by atoms with Gasteiger partial charge in [0.25, 0.3) is 0 Å². The molecule has 1 aromatic rings. The molecule has 0 spiro atoms. The highest BCUT2D eigenvalue weighted by atomic mass is 15.3. The highest BCUT2D eigenvalue weighted by Crippen LogP contribution is 2.14. The molecule has 1 aliphatic heterocycles. The smallest absolute Gasteiger partial charge is 0.0765 e. The quantitative estimate of drug-likeness (QED) is 0.838. The van der Waals surface area contributed by atoms with Crippen molar-refractivity contribution in [2.45, 2.75) is 52.2 Å². The Labute approximate surface area is 110 Å². The molecule has 4 nitrogen and oxygen atoms in total. The van der Waals surface area contributed by atoms with Crippen LogP contribution in [0.4, 0.5) is 0 Å². The lowest BCUT2D eigenvalue weighted by molar-refractivity contribution is 0.196. The normalized spacial score (nSPS) is 20.2. The van der Waals surface area contributed by atoms with Gasteiger partial charge in [-0.2, -0.15) is 5.10 Å². The Bertz CT molecular complexity index is 352. The van der Waals surface area contributed by atoms with Crippen molar-refractivity contribution in [3.8, 4) is 0 Å². The molecule has 0 saturated carbocycles. The van der Waals surface area contributed by atoms with E-state index in [9.17, 15) is 0 Å². The molecule has 1 aromatic heterocycles. The highest BCUT2D eigenvalue weighted by molar-refractivity contribution is 5.00. The van der Waals surface area contributed by atoms with E-state index < -0.39 is 0 Å². The summed E-state index contributed by atoms with van der Waals surface area (Å²) in [5.74, 6) is 0. The van der Waals surface area contributed by atoms with Crippen LogP contribution in [-0.2, 0) is 6.54 Å². The van der Waals surface area contributed by atoms with Gasteiger partial charge in [-0.1, -0.05) is 6.92 Å². The first-order chi connectivity index (χ1) is 8.70. The van der Waals surface area contributed by atoms with Gasteiger partial charge < -0.3 is 5.32 Å². The molecule has 0 amide bonds. The van der Waals surface area contributed by atoms with E-state index in [0.29, 0.717) is 12.1 Å². The highest BCUT2D eigenvalue weighted by Gasteiger charge is 2.22. The second kappa shape index (κ2) is 6.34. The molecule has 2 heterocycles. The molecule has 1 aliphatic rings. The van der Waals surface area contributed by atoms with Gasteiger partial charge in [0.15, 0.2) is 0 Å². The zero-order valence-electron chi connectivity index (χ0n) is 11.9. The van der Waals surface area contributed by atoms with Crippen molar-refractivity contribution in [2.75, 3.05) is 19.6 Å². The van der Waals surface area contributed by atoms with Crippen LogP contribution in [0.1, 0.15) is 45.3 Å². The van der Waals surface area contributed by atoms with Crippen molar-refractivity contribution in [2.24, 2.45) is 0 Å². The maximum absolute atomic E-state index is 4.66. The minimum absolute atomic E-state index is 0.450. The largest absolute Gasteiger partial charge is 0.315 e. The van der Waals surface area contributed by atoms with Gasteiger partial charge >= 0.3 is 0 Å². The first-order valence-electron chi connectivity index (χ1n) is 7.19. The predicted octanol–water partition coefficient (Wildman–Crippen LogP) is 2.04. The molecule has 1 saturated heterocycles. The number of nitrogens with zero attached hydrogens (tertiary/aromatic N) is 3. The third kappa shape index (κ3) is 3.33. The Balaban J connectivity index is 1.98. The maximum atomic E-state index is 4.66. The summed E-state index contributed by atoms with van der Waals surface area (Å²) in [6.45, 7) is 11.0. The molecule has 102 valence electrons. The van der Waals surface area contributed by atoms with E-state index in [0.717, 1.165) is 19.6 Å². The summed E-state index contributed by atoms with van der Waals surface area (Å²) in [4.78, 5) is 2.58. The van der Waals surface area contributed by atoms with Crippen LogP contribution in [0.3, 0.4) is 0 Å². The summed E-state index contributed by atoms with van der Waals surface area (Å²) in [5.41, 5.74) is 1.20. The summed E-state index contributed by atoms with van der Waals surface area (Å²) >= 11 is 0. The monoisotopic (exact) mass is 250 g/mol. The van der Waals surface area contributed by atoms with E-state index in [1.54, 1.807) is 0 Å². The Kier molecular flexibility index (Phi) is 4.78. The van der Waals surface area contributed by atoms with Gasteiger partial charge in [0.1, 0.15) is 0 Å². The van der Waals surface area contributed by atoms with E-state index in [1.165, 1.54) is 25.1 Å². The van der Waals surface area contributed by atoms with Crippen molar-refractivity contribution < 1.29 is 0 Å². The molecule has 1 unspecified atom stereocenters. The fourth-order valence-electron chi connectivity index (χ4n) is 2.59. The second-order valence-corrected chi connectivity index (χ2v) is 5.50. The van der Waals surface area contributed by atoms with Crippen LogP contribution >= 0.6 is 0 Å². The molecule has 18 heavy (non-hydrogen) atoms. The average molecular weight is 250 g/mol. The first kappa shape index (κ1) is 13.6. The van der Waals surface area contributed by atoms with Crippen molar-refractivity contribution in [1.29, 1.82) is 0 Å². The fourth-order valence-corrected chi connectivity index (χ4v) is 2.59. The number of hydrogen-bond donors (Lipinski definition) is 1. The minimum Gasteiger partial charge on any atom is -0.315 e. The first-order valence-corrected chi connectivity index (χ1v) is 7.19. The van der Waals surface area contributed by atoms with E-state index in [4.69, 9.17) is 0 Å². The molecule has 0 bridgehead atoms. The van der Waals surface area contributed by atoms with Crippen LogP contribution in [0.5, 0.6) is 0 Å². The Morgan fingerprint density at radius 3 is 2.94 bits per heavy atom. The van der Waals surface area contributed by atoms with E-state index in [1.807, 2.05) is 4.68 Å². The molecule has 1 atom stereocenters. The summed E-state index contributed by atoms with van der Waals surface area (Å²) in [6, 6.07) is 3.30. The zero-order chi connectivity index (χ0) is 13.0. The fraction of sp³-hybridized carbons (Fsp3) is 0.786. The topological polar surface area (TPSA) is 33.1 Å². The second-order valence-electron chi connectivity index (χ2n) is 5.50. The average Bonchev–Trinajstić information content (AvgIpc) is 2.99. The van der Waals surface area contributed by atoms with Gasteiger partial charge in [-0.25, -0.2) is 0 Å². The molecule has 0 radical (unpaired) electrons. The van der Waals surface area contributed by atoms with Crippen molar-refractivity contribution in [3.05, 3.63) is 18.0 Å². The number of nitrogens with one attached hydrogen (secondary N) is 1. The van der Waals surface area contributed by atoms with E-state index in [2.05, 4.69) is 48.3 Å². The molecule has 1 N–H and O–H groups in total. The standard InChI is InChI=1S/C14H26N4/c1-4-8-17(14-5-7-15-10-14)11-13-6-9-18(16-13)12(2)3/h6,9,12,14-15H,4-5,7-8,10-11H2,1-3H3. The molecule has 2 rings (SSSR count). The number of rotatable bonds is 6. The van der Waals surface area contributed by atoms with Crippen molar-refractivity contribution in [3.63, 3.8) is 0 Å². The lowest BCUT2D eigenvalue weighted by Gasteiger charge is -2.27. The number of hydrogen-bond acceptors (Lipinski definition) is 3. The van der Waals surface area contributed by atoms with Gasteiger partial charge in [0.05, 0.1) is 5.69 Å². The number of aromatic nitrogens is 2. The van der Waals surface area contributed by atoms with Gasteiger partial charge in [0.2, 0.25) is 0 Å². The lowest BCUT2D eigenvalue weighted by Crippen LogP contribution is -2.37. The third-order valence-corrected chi connectivity index (χ3v) is 3.62. The van der Waals surface area contributed by atoms with Crippen LogP contribution in [0.15, 0.2) is 12.3 Å². The zero-order valence-corrected chi connectivity index (χ0v) is 11.9. The molecule has 0 aliphatic carbocycles. The maximum Gasteiger partial charge on any atom is 0.0765 e. The van der Waals surface area contributed by atoms with Gasteiger partial charge in [0, 0.05) is 31.4 Å². The van der Waals surface area contributed by atoms with Gasteiger partial charge in [-0.05, 0) is 45.8 Å². The van der Waals surface area contributed by atoms with Crippen LogP contribution < -0.4 is 5.32 Å². The summed E-state index contributed by atoms with van der Waals surface area (Å²) in [5, 5.41) is 8.11. The van der Waals surface area contributed by atoms with Crippen molar-refractivity contribution in [1.82, 2.24) is 20.0 Å². The molecular weight excluding hydrogens is 224 g/mol. The summed E-state index contributed by atoms with van der Waals surface area (Å²) in [7, 11) is 0. The molecule has 0 aromatic carbocycles. The van der Waals surface area contributed by atoms with Gasteiger partial charge in [-0.3, -0.25) is 9.58 Å². The van der Waals surface area contributed by atoms with Crippen molar-refractivity contribution >= 4 is 0 Å². The summed E-state index contributed by atoms with van der Waals surface area (Å²) < 4.78 is 2.05. The lowest BCUT2D eigenvalue weighted by atomic mass is 10.2. The Morgan fingerprint density at radius 1 is 1.56 bits per heavy atom. The molecule has 1 fully saturated rings. The van der Waals surface area contributed by atoms with E-state index in [-0.39, 0.29) is 0 Å². The third-order valence-electron chi connectivity index (χ3n) is 3.62.